The number of pyridine rings is 2. The van der Waals surface area contributed by atoms with Crippen LogP contribution in [0.15, 0.2) is 84.9 Å². The molecule has 2 aromatic heterocycles. The monoisotopic (exact) mass is 1080 g/mol. The molecule has 19 heteroatoms. The third-order valence-corrected chi connectivity index (χ3v) is 13.8. The second kappa shape index (κ2) is 39.0. The van der Waals surface area contributed by atoms with Crippen molar-refractivity contribution in [3.63, 3.8) is 0 Å². The van der Waals surface area contributed by atoms with E-state index in [4.69, 9.17) is 33.7 Å². The predicted octanol–water partition coefficient (Wildman–Crippen LogP) is 4.74. The molecule has 0 fully saturated rings. The van der Waals surface area contributed by atoms with E-state index in [0.29, 0.717) is 32.5 Å². The number of nitrogens with zero attached hydrogens (tertiary/aromatic N) is 4. The van der Waals surface area contributed by atoms with E-state index in [1.165, 1.54) is 18.2 Å². The first kappa shape index (κ1) is 68.7. The van der Waals surface area contributed by atoms with Crippen molar-refractivity contribution in [1.29, 1.82) is 0 Å². The fraction of sp³-hybridized carbons (Fsp3) is 0.559. The molecule has 0 radical (unpaired) electrons. The van der Waals surface area contributed by atoms with Crippen LogP contribution >= 0.6 is 0 Å². The molecule has 18 nitrogen and oxygen atoms in total. The fourth-order valence-electron chi connectivity index (χ4n) is 9.22. The molecule has 426 valence electrons. The van der Waals surface area contributed by atoms with Crippen LogP contribution in [0.3, 0.4) is 0 Å². The van der Waals surface area contributed by atoms with Crippen molar-refractivity contribution < 1.29 is 77.8 Å². The second-order valence-corrected chi connectivity index (χ2v) is 19.8. The number of aromatic nitrogens is 2. The largest absolute Gasteiger partial charge is 1.00 e. The number of aliphatic carboxylic acids is 1. The standard InChI is InChI=1S/C30H43N3O5.C29H41N3O5.Li.2H2O/c1-23(36-2)21-33(18-8-7-13-27-15-14-25-12-9-17-31-29(25)32-27)19-16-26(30(35)37-3)20-28(34)38-22-24-10-5-4-6-11-24;1-22(36-2)20-32(17-7-6-12-26-14-13-24-11-8-16-30-28(24)31-26)18-15-25(29(34)35)19-27(33)37-21-23-9-4-3-5-10-23;;;/h4-6,10-11,14-15,23,26H,7-9,12-13,16-22H2,1-3H3,(H,31,32);3-5,9-10,13-14,22,25H,6-8,11-12,15-21H2,1-2H3,(H,30,31)(H,34,35);;2*1H2/q;;+1;;/p-1/t23-,26-;22-,25-;;;/m11.../s1. The van der Waals surface area contributed by atoms with E-state index < -0.39 is 29.7 Å². The van der Waals surface area contributed by atoms with Gasteiger partial charge in [-0.2, -0.15) is 0 Å². The third-order valence-electron chi connectivity index (χ3n) is 13.8. The van der Waals surface area contributed by atoms with Crippen molar-refractivity contribution in [2.24, 2.45) is 11.8 Å². The number of hydrogen-bond donors (Lipinski definition) is 3. The Kier molecular flexibility index (Phi) is 34.4. The molecule has 0 saturated carbocycles. The number of rotatable bonds is 32. The Labute approximate surface area is 474 Å². The summed E-state index contributed by atoms with van der Waals surface area (Å²) >= 11 is 0. The van der Waals surface area contributed by atoms with Crippen molar-refractivity contribution in [3.05, 3.63) is 119 Å². The van der Waals surface area contributed by atoms with Gasteiger partial charge in [-0.15, -0.1) is 0 Å². The minimum atomic E-state index is -0.969. The summed E-state index contributed by atoms with van der Waals surface area (Å²) in [6, 6.07) is 27.6. The van der Waals surface area contributed by atoms with E-state index in [1.807, 2.05) is 74.5 Å². The number of carboxylic acids is 1. The summed E-state index contributed by atoms with van der Waals surface area (Å²) in [4.78, 5) is 63.2. The van der Waals surface area contributed by atoms with Crippen molar-refractivity contribution >= 4 is 35.5 Å². The second-order valence-electron chi connectivity index (χ2n) is 19.8. The molecule has 2 aliphatic rings. The minimum Gasteiger partial charge on any atom is -0.870 e. The van der Waals surface area contributed by atoms with Crippen LogP contribution in [0.2, 0.25) is 0 Å². The smallest absolute Gasteiger partial charge is 0.870 e. The van der Waals surface area contributed by atoms with E-state index in [9.17, 15) is 24.3 Å². The number of ether oxygens (including phenoxy) is 5. The van der Waals surface area contributed by atoms with Gasteiger partial charge in [0.25, 0.3) is 0 Å². The molecule has 0 aliphatic carbocycles. The van der Waals surface area contributed by atoms with Crippen molar-refractivity contribution in [1.82, 2.24) is 19.8 Å². The molecule has 0 bridgehead atoms. The Bertz CT molecular complexity index is 2320. The number of carbonyl (C=O) groups is 4. The Morgan fingerprint density at radius 2 is 1.03 bits per heavy atom. The molecule has 4 atom stereocenters. The van der Waals surface area contributed by atoms with Crippen molar-refractivity contribution in [3.8, 4) is 0 Å². The van der Waals surface area contributed by atoms with Gasteiger partial charge in [-0.1, -0.05) is 72.8 Å². The van der Waals surface area contributed by atoms with Gasteiger partial charge >= 0.3 is 42.7 Å². The van der Waals surface area contributed by atoms with Crippen LogP contribution in [0.1, 0.15) is 112 Å². The molecular formula is C59H87LiN6O12. The number of esters is 3. The average molecular weight is 1080 g/mol. The molecular weight excluding hydrogens is 992 g/mol. The van der Waals surface area contributed by atoms with Crippen LogP contribution in [-0.2, 0) is 81.8 Å². The number of carbonyl (C=O) groups excluding carboxylic acids is 3. The molecule has 2 aliphatic heterocycles. The van der Waals surface area contributed by atoms with E-state index in [-0.39, 0.29) is 74.0 Å². The Morgan fingerprint density at radius 3 is 1.44 bits per heavy atom. The number of methoxy groups -OCH3 is 3. The topological polar surface area (TPSA) is 252 Å². The van der Waals surface area contributed by atoms with Gasteiger partial charge in [-0.25, -0.2) is 9.97 Å². The average Bonchev–Trinajstić information content (AvgIpc) is 3.44. The molecule has 78 heavy (non-hydrogen) atoms. The maximum Gasteiger partial charge on any atom is 1.00 e. The number of aryl methyl sites for hydroxylation is 4. The Morgan fingerprint density at radius 1 is 0.603 bits per heavy atom. The molecule has 2 aromatic carbocycles. The van der Waals surface area contributed by atoms with E-state index in [0.717, 1.165) is 131 Å². The zero-order valence-corrected chi connectivity index (χ0v) is 47.2. The maximum absolute atomic E-state index is 12.5. The van der Waals surface area contributed by atoms with Gasteiger partial charge in [0.2, 0.25) is 0 Å². The summed E-state index contributed by atoms with van der Waals surface area (Å²) in [6.07, 6.45) is 11.2. The SMILES string of the molecule is COC(=O)[C@H](CCN(CCCCc1ccc2c(n1)NCCC2)C[C@@H](C)OC)CC(=O)OCc1ccccc1.CO[C@H](C)CN(CCCCc1ccc2c(n1)NCCC2)CC[C@H](CC(=O)OCc1ccccc1)C(=O)O.O.[Li+].[OH-]. The number of carboxylic acid groups (broad SMARTS) is 1. The van der Waals surface area contributed by atoms with Crippen molar-refractivity contribution in [2.45, 2.75) is 129 Å². The Hall–Kier alpha value is -5.42. The quantitative estimate of drug-likeness (QED) is 0.0259. The maximum atomic E-state index is 12.5. The normalized spacial score (nSPS) is 13.8. The van der Waals surface area contributed by atoms with Crippen LogP contribution in [-0.4, -0.2) is 146 Å². The fourth-order valence-corrected chi connectivity index (χ4v) is 9.22. The molecule has 0 unspecified atom stereocenters. The zero-order chi connectivity index (χ0) is 53.6. The van der Waals surface area contributed by atoms with Gasteiger partial charge < -0.3 is 60.2 Å². The molecule has 0 saturated heterocycles. The summed E-state index contributed by atoms with van der Waals surface area (Å²) in [7, 11) is 4.75. The van der Waals surface area contributed by atoms with Gasteiger partial charge in [0.15, 0.2) is 0 Å². The van der Waals surface area contributed by atoms with Crippen LogP contribution in [0.5, 0.6) is 0 Å². The number of benzene rings is 2. The first-order valence-electron chi connectivity index (χ1n) is 27.1. The van der Waals surface area contributed by atoms with Gasteiger partial charge in [0, 0.05) is 51.8 Å². The first-order chi connectivity index (χ1) is 36.4. The van der Waals surface area contributed by atoms with Crippen LogP contribution in [0.25, 0.3) is 0 Å². The van der Waals surface area contributed by atoms with Crippen LogP contribution in [0.4, 0.5) is 11.6 Å². The Balaban J connectivity index is 0.000000514. The van der Waals surface area contributed by atoms with Crippen molar-refractivity contribution in [2.75, 3.05) is 84.3 Å². The predicted molar refractivity (Wildman–Crippen MR) is 297 cm³/mol. The molecule has 0 spiro atoms. The number of nitrogens with one attached hydrogen (secondary N) is 2. The van der Waals surface area contributed by atoms with Gasteiger partial charge in [0.1, 0.15) is 24.8 Å². The number of unbranched alkanes of at least 4 members (excludes halogenated alkanes) is 2. The molecule has 4 heterocycles. The number of fused-ring (bicyclic) bond motifs is 2. The van der Waals surface area contributed by atoms with Crippen LogP contribution in [0, 0.1) is 11.8 Å². The molecule has 0 amide bonds. The summed E-state index contributed by atoms with van der Waals surface area (Å²) in [6.45, 7) is 10.8. The van der Waals surface area contributed by atoms with Gasteiger partial charge in [-0.3, -0.25) is 19.2 Å². The minimum absolute atomic E-state index is 0. The summed E-state index contributed by atoms with van der Waals surface area (Å²) in [5.74, 6) is -1.49. The number of anilines is 2. The molecule has 4 aromatic rings. The summed E-state index contributed by atoms with van der Waals surface area (Å²) in [5.41, 5.74) is 6.62. The van der Waals surface area contributed by atoms with E-state index in [2.05, 4.69) is 44.7 Å². The summed E-state index contributed by atoms with van der Waals surface area (Å²) < 4.78 is 26.7. The van der Waals surface area contributed by atoms with Gasteiger partial charge in [0.05, 0.1) is 44.0 Å². The third kappa shape index (κ3) is 26.0. The zero-order valence-electron chi connectivity index (χ0n) is 47.2. The first-order valence-corrected chi connectivity index (χ1v) is 27.1. The van der Waals surface area contributed by atoms with Crippen LogP contribution < -0.4 is 29.5 Å². The molecule has 6 rings (SSSR count). The molecule has 6 N–H and O–H groups in total. The van der Waals surface area contributed by atoms with E-state index >= 15 is 0 Å². The summed E-state index contributed by atoms with van der Waals surface area (Å²) in [5, 5.41) is 16.5. The number of hydrogen-bond acceptors (Lipinski definition) is 16. The van der Waals surface area contributed by atoms with E-state index in [1.54, 1.807) is 14.2 Å². The van der Waals surface area contributed by atoms with Gasteiger partial charge in [-0.05, 0) is 151 Å².